The summed E-state index contributed by atoms with van der Waals surface area (Å²) in [7, 11) is 0. The Kier molecular flexibility index (Phi) is 5.18. The third-order valence-corrected chi connectivity index (χ3v) is 6.49. The van der Waals surface area contributed by atoms with E-state index < -0.39 is 12.1 Å². The molecule has 0 saturated carbocycles. The van der Waals surface area contributed by atoms with Gasteiger partial charge in [0.05, 0.1) is 31.4 Å². The topological polar surface area (TPSA) is 65.0 Å². The van der Waals surface area contributed by atoms with Crippen molar-refractivity contribution in [3.8, 4) is 0 Å². The second-order valence-electron chi connectivity index (χ2n) is 8.33. The molecule has 6 nitrogen and oxygen atoms in total. The highest BCUT2D eigenvalue weighted by Gasteiger charge is 2.34. The van der Waals surface area contributed by atoms with E-state index in [1.54, 1.807) is 0 Å². The number of carbonyl (C=O) groups is 1. The number of hydrogen-bond acceptors (Lipinski definition) is 5. The Morgan fingerprint density at radius 1 is 1.07 bits per heavy atom. The van der Waals surface area contributed by atoms with Crippen LogP contribution < -0.4 is 10.2 Å². The van der Waals surface area contributed by atoms with E-state index in [0.29, 0.717) is 18.0 Å². The first-order valence-corrected chi connectivity index (χ1v) is 10.5. The van der Waals surface area contributed by atoms with Crippen LogP contribution in [0, 0.1) is 5.82 Å². The maximum atomic E-state index is 13.1. The number of benzene rings is 2. The van der Waals surface area contributed by atoms with Gasteiger partial charge in [0.1, 0.15) is 5.82 Å². The van der Waals surface area contributed by atoms with Gasteiger partial charge in [0.15, 0.2) is 0 Å². The van der Waals surface area contributed by atoms with Crippen molar-refractivity contribution in [2.75, 3.05) is 44.3 Å². The van der Waals surface area contributed by atoms with Crippen molar-refractivity contribution in [1.29, 1.82) is 0 Å². The van der Waals surface area contributed by atoms with Crippen LogP contribution in [0.1, 0.15) is 27.5 Å². The van der Waals surface area contributed by atoms with Crippen molar-refractivity contribution in [3.05, 3.63) is 65.0 Å². The van der Waals surface area contributed by atoms with Crippen molar-refractivity contribution in [2.45, 2.75) is 24.6 Å². The summed E-state index contributed by atoms with van der Waals surface area (Å²) in [6.45, 7) is 5.60. The molecule has 7 heteroatoms. The van der Waals surface area contributed by atoms with Gasteiger partial charge in [-0.3, -0.25) is 9.69 Å². The average Bonchev–Trinajstić information content (AvgIpc) is 3.02. The number of nitrogens with zero attached hydrogens (tertiary/aromatic N) is 2. The molecule has 1 amide bonds. The fourth-order valence-corrected chi connectivity index (χ4v) is 4.58. The normalized spacial score (nSPS) is 24.4. The lowest BCUT2D eigenvalue weighted by molar-refractivity contribution is -0.0660. The van der Waals surface area contributed by atoms with E-state index in [9.17, 15) is 14.3 Å². The van der Waals surface area contributed by atoms with Crippen molar-refractivity contribution >= 4 is 11.6 Å². The SMILES string of the molecule is O=C(NC1c2cc(N3CCN(C4COC4)CC3)ccc2CC1O)c1ccc(F)cc1. The minimum Gasteiger partial charge on any atom is -0.390 e. The number of halogens is 1. The van der Waals surface area contributed by atoms with Gasteiger partial charge in [-0.25, -0.2) is 4.39 Å². The standard InChI is InChI=1S/C23H26FN3O3/c24-17-4-1-15(2-5-17)23(29)25-22-20-12-18(6-3-16(20)11-21(22)28)26-7-9-27(10-8-26)19-13-30-14-19/h1-6,12,19,21-22,28H,7-11,13-14H2,(H,25,29). The number of fused-ring (bicyclic) bond motifs is 1. The second kappa shape index (κ2) is 7.98. The van der Waals surface area contributed by atoms with Crippen molar-refractivity contribution in [3.63, 3.8) is 0 Å². The van der Waals surface area contributed by atoms with Gasteiger partial charge in [0.25, 0.3) is 5.91 Å². The van der Waals surface area contributed by atoms with Crippen molar-refractivity contribution in [1.82, 2.24) is 10.2 Å². The van der Waals surface area contributed by atoms with Crippen LogP contribution in [0.2, 0.25) is 0 Å². The Morgan fingerprint density at radius 3 is 2.47 bits per heavy atom. The summed E-state index contributed by atoms with van der Waals surface area (Å²) < 4.78 is 18.5. The first kappa shape index (κ1) is 19.5. The molecule has 5 rings (SSSR count). The van der Waals surface area contributed by atoms with E-state index in [2.05, 4.69) is 33.3 Å². The van der Waals surface area contributed by atoms with Gasteiger partial charge in [-0.2, -0.15) is 0 Å². The first-order chi connectivity index (χ1) is 14.6. The monoisotopic (exact) mass is 411 g/mol. The Morgan fingerprint density at radius 2 is 1.80 bits per heavy atom. The quantitative estimate of drug-likeness (QED) is 0.803. The van der Waals surface area contributed by atoms with Crippen LogP contribution in [-0.2, 0) is 11.2 Å². The highest BCUT2D eigenvalue weighted by Crippen LogP contribution is 2.35. The van der Waals surface area contributed by atoms with Crippen LogP contribution in [0.15, 0.2) is 42.5 Å². The van der Waals surface area contributed by atoms with Gasteiger partial charge in [0, 0.05) is 43.9 Å². The molecular weight excluding hydrogens is 385 g/mol. The van der Waals surface area contributed by atoms with Gasteiger partial charge < -0.3 is 20.1 Å². The lowest BCUT2D eigenvalue weighted by atomic mass is 10.0. The molecule has 0 aromatic heterocycles. The van der Waals surface area contributed by atoms with Crippen LogP contribution in [0.3, 0.4) is 0 Å². The Hall–Kier alpha value is -2.48. The van der Waals surface area contributed by atoms with E-state index in [0.717, 1.165) is 56.2 Å². The van der Waals surface area contributed by atoms with Gasteiger partial charge in [-0.1, -0.05) is 6.07 Å². The van der Waals surface area contributed by atoms with Gasteiger partial charge >= 0.3 is 0 Å². The Bertz CT molecular complexity index is 924. The van der Waals surface area contributed by atoms with Gasteiger partial charge in [-0.05, 0) is 47.5 Å². The van der Waals surface area contributed by atoms with E-state index in [1.807, 2.05) is 0 Å². The highest BCUT2D eigenvalue weighted by atomic mass is 19.1. The molecular formula is C23H26FN3O3. The molecule has 2 saturated heterocycles. The molecule has 158 valence electrons. The molecule has 0 bridgehead atoms. The zero-order valence-electron chi connectivity index (χ0n) is 16.8. The Labute approximate surface area is 175 Å². The molecule has 2 fully saturated rings. The van der Waals surface area contributed by atoms with Crippen LogP contribution in [0.5, 0.6) is 0 Å². The number of piperazine rings is 1. The number of amides is 1. The Balaban J connectivity index is 1.30. The van der Waals surface area contributed by atoms with E-state index >= 15 is 0 Å². The largest absolute Gasteiger partial charge is 0.390 e. The molecule has 2 aliphatic heterocycles. The third kappa shape index (κ3) is 3.69. The number of rotatable bonds is 4. The minimum atomic E-state index is -0.671. The molecule has 30 heavy (non-hydrogen) atoms. The van der Waals surface area contributed by atoms with Crippen LogP contribution in [0.4, 0.5) is 10.1 Å². The lowest BCUT2D eigenvalue weighted by Crippen LogP contribution is -2.56. The van der Waals surface area contributed by atoms with E-state index in [-0.39, 0.29) is 11.7 Å². The minimum absolute atomic E-state index is 0.311. The molecule has 0 spiro atoms. The summed E-state index contributed by atoms with van der Waals surface area (Å²) in [5.41, 5.74) is 3.52. The molecule has 2 unspecified atom stereocenters. The fourth-order valence-electron chi connectivity index (χ4n) is 4.58. The predicted molar refractivity (Wildman–Crippen MR) is 111 cm³/mol. The number of ether oxygens (including phenoxy) is 1. The van der Waals surface area contributed by atoms with Gasteiger partial charge in [-0.15, -0.1) is 0 Å². The molecule has 2 heterocycles. The predicted octanol–water partition coefficient (Wildman–Crippen LogP) is 1.73. The van der Waals surface area contributed by atoms with Crippen LogP contribution >= 0.6 is 0 Å². The molecule has 2 aromatic carbocycles. The zero-order chi connectivity index (χ0) is 20.7. The second-order valence-corrected chi connectivity index (χ2v) is 8.33. The average molecular weight is 411 g/mol. The van der Waals surface area contributed by atoms with Crippen molar-refractivity contribution in [2.24, 2.45) is 0 Å². The van der Waals surface area contributed by atoms with Crippen LogP contribution in [0.25, 0.3) is 0 Å². The van der Waals surface area contributed by atoms with E-state index in [1.165, 1.54) is 24.3 Å². The number of aliphatic hydroxyl groups excluding tert-OH is 1. The number of hydrogen-bond donors (Lipinski definition) is 2. The molecule has 2 aromatic rings. The number of anilines is 1. The number of aliphatic hydroxyl groups is 1. The lowest BCUT2D eigenvalue weighted by Gasteiger charge is -2.43. The molecule has 1 aliphatic carbocycles. The van der Waals surface area contributed by atoms with Crippen LogP contribution in [-0.4, -0.2) is 67.5 Å². The molecule has 3 aliphatic rings. The van der Waals surface area contributed by atoms with Gasteiger partial charge in [0.2, 0.25) is 0 Å². The summed E-state index contributed by atoms with van der Waals surface area (Å²) in [5.74, 6) is -0.694. The first-order valence-electron chi connectivity index (χ1n) is 10.5. The smallest absolute Gasteiger partial charge is 0.251 e. The summed E-state index contributed by atoms with van der Waals surface area (Å²) in [4.78, 5) is 17.5. The maximum absolute atomic E-state index is 13.1. The maximum Gasteiger partial charge on any atom is 0.251 e. The highest BCUT2D eigenvalue weighted by molar-refractivity contribution is 5.94. The molecule has 2 N–H and O–H groups in total. The molecule has 2 atom stereocenters. The van der Waals surface area contributed by atoms with E-state index in [4.69, 9.17) is 4.74 Å². The fraction of sp³-hybridized carbons (Fsp3) is 0.435. The third-order valence-electron chi connectivity index (χ3n) is 6.49. The summed E-state index contributed by atoms with van der Waals surface area (Å²) >= 11 is 0. The zero-order valence-corrected chi connectivity index (χ0v) is 16.8. The summed E-state index contributed by atoms with van der Waals surface area (Å²) in [5, 5.41) is 13.5. The summed E-state index contributed by atoms with van der Waals surface area (Å²) in [6.07, 6.45) is -0.158. The van der Waals surface area contributed by atoms with Crippen molar-refractivity contribution < 1.29 is 19.0 Å². The summed E-state index contributed by atoms with van der Waals surface area (Å²) in [6, 6.07) is 11.8. The number of carbonyl (C=O) groups excluding carboxylic acids is 1. The molecule has 0 radical (unpaired) electrons. The number of nitrogens with one attached hydrogen (secondary N) is 1.